The number of rotatable bonds is 4. The molecule has 1 nitrogen and oxygen atoms in total. The van der Waals surface area contributed by atoms with Crippen LogP contribution in [0.15, 0.2) is 46.9 Å². The van der Waals surface area contributed by atoms with E-state index < -0.39 is 18.3 Å². The number of nitrogens with one attached hydrogen (secondary N) is 1. The second kappa shape index (κ2) is 5.87. The molecule has 5 heteroatoms. The van der Waals surface area contributed by atoms with Gasteiger partial charge in [-0.3, -0.25) is 0 Å². The van der Waals surface area contributed by atoms with Crippen LogP contribution in [-0.4, -0.2) is 6.54 Å². The van der Waals surface area contributed by atoms with Gasteiger partial charge in [0.15, 0.2) is 0 Å². The first-order chi connectivity index (χ1) is 9.40. The summed E-state index contributed by atoms with van der Waals surface area (Å²) in [4.78, 5) is 0. The zero-order valence-electron chi connectivity index (χ0n) is 10.8. The summed E-state index contributed by atoms with van der Waals surface area (Å²) < 4.78 is 41.7. The van der Waals surface area contributed by atoms with Gasteiger partial charge in [-0.25, -0.2) is 4.39 Å². The van der Waals surface area contributed by atoms with Crippen LogP contribution in [0.4, 0.5) is 18.9 Å². The van der Waals surface area contributed by atoms with Crippen LogP contribution in [-0.2, 0) is 5.92 Å². The lowest BCUT2D eigenvalue weighted by molar-refractivity contribution is 0.0106. The van der Waals surface area contributed by atoms with E-state index in [-0.39, 0.29) is 5.56 Å². The molecule has 0 radical (unpaired) electrons. The van der Waals surface area contributed by atoms with Crippen molar-refractivity contribution in [1.82, 2.24) is 0 Å². The van der Waals surface area contributed by atoms with E-state index in [0.717, 1.165) is 0 Å². The first-order valence-electron chi connectivity index (χ1n) is 6.03. The van der Waals surface area contributed by atoms with Crippen molar-refractivity contribution in [3.8, 4) is 0 Å². The molecular weight excluding hydrogens is 331 g/mol. The highest BCUT2D eigenvalue weighted by Gasteiger charge is 2.31. The fraction of sp³-hybridized carbons (Fsp3) is 0.200. The van der Waals surface area contributed by atoms with Gasteiger partial charge in [0.1, 0.15) is 5.82 Å². The average molecular weight is 344 g/mol. The fourth-order valence-electron chi connectivity index (χ4n) is 1.83. The van der Waals surface area contributed by atoms with Gasteiger partial charge in [-0.2, -0.15) is 8.78 Å². The summed E-state index contributed by atoms with van der Waals surface area (Å²) in [5.41, 5.74) is 0.992. The van der Waals surface area contributed by atoms with Crippen molar-refractivity contribution in [2.75, 3.05) is 11.9 Å². The summed E-state index contributed by atoms with van der Waals surface area (Å²) in [5.74, 6) is -3.50. The van der Waals surface area contributed by atoms with Crippen molar-refractivity contribution in [2.24, 2.45) is 0 Å². The third-order valence-corrected chi connectivity index (χ3v) is 3.57. The summed E-state index contributed by atoms with van der Waals surface area (Å²) in [7, 11) is 0. The molecule has 0 aromatic heterocycles. The van der Waals surface area contributed by atoms with Gasteiger partial charge in [0, 0.05) is 11.3 Å². The normalized spacial score (nSPS) is 11.4. The lowest BCUT2D eigenvalue weighted by Crippen LogP contribution is -2.25. The van der Waals surface area contributed by atoms with Crippen LogP contribution in [0.3, 0.4) is 0 Å². The topological polar surface area (TPSA) is 12.0 Å². The summed E-state index contributed by atoms with van der Waals surface area (Å²) >= 11 is 3.06. The second-order valence-electron chi connectivity index (χ2n) is 4.51. The van der Waals surface area contributed by atoms with Crippen molar-refractivity contribution in [3.05, 3.63) is 63.9 Å². The fourth-order valence-corrected chi connectivity index (χ4v) is 2.28. The molecule has 0 spiro atoms. The molecule has 20 heavy (non-hydrogen) atoms. The predicted molar refractivity (Wildman–Crippen MR) is 77.7 cm³/mol. The molecule has 0 heterocycles. The average Bonchev–Trinajstić information content (AvgIpc) is 2.42. The number of aryl methyl sites for hydroxylation is 1. The Balaban J connectivity index is 2.14. The van der Waals surface area contributed by atoms with Crippen LogP contribution in [0.25, 0.3) is 0 Å². The van der Waals surface area contributed by atoms with Crippen molar-refractivity contribution >= 4 is 21.6 Å². The van der Waals surface area contributed by atoms with Gasteiger partial charge in [-0.15, -0.1) is 0 Å². The SMILES string of the molecule is Cc1cc(Br)c(F)cc1NCC(F)(F)c1ccccc1. The molecule has 1 N–H and O–H groups in total. The second-order valence-corrected chi connectivity index (χ2v) is 5.36. The monoisotopic (exact) mass is 343 g/mol. The number of benzene rings is 2. The lowest BCUT2D eigenvalue weighted by atomic mass is 10.1. The van der Waals surface area contributed by atoms with Gasteiger partial charge in [-0.05, 0) is 40.5 Å². The van der Waals surface area contributed by atoms with E-state index in [1.807, 2.05) is 0 Å². The van der Waals surface area contributed by atoms with E-state index in [0.29, 0.717) is 15.7 Å². The standard InChI is InChI=1S/C15H13BrF3N/c1-10-7-12(16)13(17)8-14(10)20-9-15(18,19)11-5-3-2-4-6-11/h2-8,20H,9H2,1H3. The summed E-state index contributed by atoms with van der Waals surface area (Å²) in [6.45, 7) is 1.14. The number of hydrogen-bond acceptors (Lipinski definition) is 1. The molecule has 2 aromatic rings. The number of halogens is 4. The molecular formula is C15H13BrF3N. The molecule has 0 atom stereocenters. The minimum absolute atomic E-state index is 0.0669. The van der Waals surface area contributed by atoms with Crippen molar-refractivity contribution < 1.29 is 13.2 Å². The van der Waals surface area contributed by atoms with E-state index in [2.05, 4.69) is 21.2 Å². The molecule has 0 fully saturated rings. The molecule has 0 saturated carbocycles. The Hall–Kier alpha value is -1.49. The maximum Gasteiger partial charge on any atom is 0.290 e. The minimum Gasteiger partial charge on any atom is -0.378 e. The molecule has 0 amide bonds. The van der Waals surface area contributed by atoms with Gasteiger partial charge in [0.05, 0.1) is 11.0 Å². The van der Waals surface area contributed by atoms with E-state index in [1.54, 1.807) is 31.2 Å². The first-order valence-corrected chi connectivity index (χ1v) is 6.82. The van der Waals surface area contributed by atoms with Crippen LogP contribution in [0.1, 0.15) is 11.1 Å². The Bertz CT molecular complexity index is 600. The quantitative estimate of drug-likeness (QED) is 0.814. The maximum absolute atomic E-state index is 14.0. The van der Waals surface area contributed by atoms with Crippen LogP contribution in [0, 0.1) is 12.7 Å². The largest absolute Gasteiger partial charge is 0.378 e. The van der Waals surface area contributed by atoms with E-state index in [1.165, 1.54) is 18.2 Å². The van der Waals surface area contributed by atoms with Gasteiger partial charge >= 0.3 is 0 Å². The van der Waals surface area contributed by atoms with Gasteiger partial charge < -0.3 is 5.32 Å². The molecule has 106 valence electrons. The number of hydrogen-bond donors (Lipinski definition) is 1. The Morgan fingerprint density at radius 1 is 1.15 bits per heavy atom. The van der Waals surface area contributed by atoms with Crippen molar-refractivity contribution in [2.45, 2.75) is 12.8 Å². The first kappa shape index (κ1) is 14.9. The molecule has 0 saturated heterocycles. The molecule has 2 aromatic carbocycles. The van der Waals surface area contributed by atoms with Gasteiger partial charge in [0.2, 0.25) is 0 Å². The lowest BCUT2D eigenvalue weighted by Gasteiger charge is -2.19. The molecule has 2 rings (SSSR count). The Labute approximate surface area is 123 Å². The summed E-state index contributed by atoms with van der Waals surface area (Å²) in [6.07, 6.45) is 0. The van der Waals surface area contributed by atoms with Crippen LogP contribution >= 0.6 is 15.9 Å². The highest BCUT2D eigenvalue weighted by atomic mass is 79.9. The molecule has 0 bridgehead atoms. The molecule has 0 aliphatic heterocycles. The zero-order chi connectivity index (χ0) is 14.8. The van der Waals surface area contributed by atoms with E-state index in [4.69, 9.17) is 0 Å². The molecule has 0 unspecified atom stereocenters. The Morgan fingerprint density at radius 3 is 2.45 bits per heavy atom. The predicted octanol–water partition coefficient (Wildman–Crippen LogP) is 5.10. The van der Waals surface area contributed by atoms with Crippen molar-refractivity contribution in [1.29, 1.82) is 0 Å². The minimum atomic E-state index is -3.02. The highest BCUT2D eigenvalue weighted by Crippen LogP contribution is 2.30. The van der Waals surface area contributed by atoms with E-state index in [9.17, 15) is 13.2 Å². The summed E-state index contributed by atoms with van der Waals surface area (Å²) in [6, 6.07) is 10.3. The third kappa shape index (κ3) is 3.33. The summed E-state index contributed by atoms with van der Waals surface area (Å²) in [5, 5.41) is 2.61. The highest BCUT2D eigenvalue weighted by molar-refractivity contribution is 9.10. The Morgan fingerprint density at radius 2 is 1.80 bits per heavy atom. The van der Waals surface area contributed by atoms with Gasteiger partial charge in [-0.1, -0.05) is 30.3 Å². The zero-order valence-corrected chi connectivity index (χ0v) is 12.3. The maximum atomic E-state index is 14.0. The van der Waals surface area contributed by atoms with Crippen LogP contribution in [0.5, 0.6) is 0 Å². The van der Waals surface area contributed by atoms with Crippen LogP contribution in [0.2, 0.25) is 0 Å². The number of alkyl halides is 2. The number of anilines is 1. The van der Waals surface area contributed by atoms with Gasteiger partial charge in [0.25, 0.3) is 5.92 Å². The third-order valence-electron chi connectivity index (χ3n) is 2.96. The Kier molecular flexibility index (Phi) is 4.38. The van der Waals surface area contributed by atoms with Crippen LogP contribution < -0.4 is 5.32 Å². The molecule has 0 aliphatic rings. The molecule has 0 aliphatic carbocycles. The smallest absolute Gasteiger partial charge is 0.290 e. The van der Waals surface area contributed by atoms with E-state index >= 15 is 0 Å². The van der Waals surface area contributed by atoms with Crippen molar-refractivity contribution in [3.63, 3.8) is 0 Å².